The molecule has 6 nitrogen and oxygen atoms in total. The molecule has 0 N–H and O–H groups in total. The molecule has 2 aromatic carbocycles. The van der Waals surface area contributed by atoms with Crippen molar-refractivity contribution in [3.05, 3.63) is 70.8 Å². The van der Waals surface area contributed by atoms with Crippen molar-refractivity contribution in [1.82, 2.24) is 0 Å². The average Bonchev–Trinajstić information content (AvgIpc) is 3.29. The van der Waals surface area contributed by atoms with Crippen LogP contribution in [0, 0.1) is 5.92 Å². The second-order valence-electron chi connectivity index (χ2n) is 10.1. The normalized spacial score (nSPS) is 25.9. The van der Waals surface area contributed by atoms with Crippen LogP contribution in [0.2, 0.25) is 5.02 Å². The molecule has 2 aromatic rings. The first-order valence-corrected chi connectivity index (χ1v) is 13.0. The molecule has 1 fully saturated rings. The summed E-state index contributed by atoms with van der Waals surface area (Å²) in [5, 5.41) is 0.768. The number of benzene rings is 2. The maximum absolute atomic E-state index is 12.4. The summed E-state index contributed by atoms with van der Waals surface area (Å²) in [6.07, 6.45) is 5.62. The van der Waals surface area contributed by atoms with E-state index in [4.69, 9.17) is 30.5 Å². The number of hydrogen-bond donors (Lipinski definition) is 0. The molecule has 0 unspecified atom stereocenters. The highest BCUT2D eigenvalue weighted by molar-refractivity contribution is 6.30. The molecule has 36 heavy (non-hydrogen) atoms. The number of halogens is 1. The lowest BCUT2D eigenvalue weighted by atomic mass is 9.70. The number of aryl methyl sites for hydroxylation is 1. The van der Waals surface area contributed by atoms with Crippen LogP contribution in [0.15, 0.2) is 49.1 Å². The lowest BCUT2D eigenvalue weighted by molar-refractivity contribution is -0.0170. The van der Waals surface area contributed by atoms with Gasteiger partial charge in [-0.1, -0.05) is 23.7 Å². The molecule has 0 bridgehead atoms. The van der Waals surface area contributed by atoms with Crippen molar-refractivity contribution in [3.63, 3.8) is 0 Å². The first kappa shape index (κ1) is 25.1. The number of rotatable bonds is 6. The van der Waals surface area contributed by atoms with E-state index in [0.717, 1.165) is 55.2 Å². The van der Waals surface area contributed by atoms with E-state index >= 15 is 0 Å². The second kappa shape index (κ2) is 10.4. The number of carbonyl (C=O) groups excluding carboxylic acids is 1. The number of ether oxygens (including phenoxy) is 4. The molecule has 5 rings (SSSR count). The van der Waals surface area contributed by atoms with Crippen LogP contribution in [0.3, 0.4) is 0 Å². The Balaban J connectivity index is 1.56. The summed E-state index contributed by atoms with van der Waals surface area (Å²) in [4.78, 5) is 14.8. The van der Waals surface area contributed by atoms with Crippen LogP contribution in [0.5, 0.6) is 5.75 Å². The largest absolute Gasteiger partial charge is 0.490 e. The number of fused-ring (bicyclic) bond motifs is 3. The third-order valence-electron chi connectivity index (χ3n) is 8.01. The van der Waals surface area contributed by atoms with Gasteiger partial charge in [0.25, 0.3) is 0 Å². The fraction of sp³-hybridized carbons (Fsp3) is 0.483. The van der Waals surface area contributed by atoms with Crippen LogP contribution in [0.25, 0.3) is 0 Å². The maximum Gasteiger partial charge on any atom is 0.337 e. The second-order valence-corrected chi connectivity index (χ2v) is 10.5. The molecule has 0 radical (unpaired) electrons. The van der Waals surface area contributed by atoms with E-state index in [9.17, 15) is 4.79 Å². The average molecular weight is 512 g/mol. The maximum atomic E-state index is 12.4. The third kappa shape index (κ3) is 4.62. The van der Waals surface area contributed by atoms with Gasteiger partial charge >= 0.3 is 5.97 Å². The summed E-state index contributed by atoms with van der Waals surface area (Å²) in [5.41, 5.74) is 3.85. The molecule has 0 saturated carbocycles. The molecule has 192 valence electrons. The van der Waals surface area contributed by atoms with E-state index in [-0.39, 0.29) is 29.5 Å². The zero-order chi connectivity index (χ0) is 25.3. The van der Waals surface area contributed by atoms with Crippen LogP contribution in [-0.2, 0) is 26.0 Å². The van der Waals surface area contributed by atoms with Gasteiger partial charge in [0.05, 0.1) is 31.1 Å². The fourth-order valence-electron chi connectivity index (χ4n) is 6.22. The molecule has 0 aromatic heterocycles. The molecule has 1 spiro atoms. The molecule has 2 aliphatic heterocycles. The number of carbonyl (C=O) groups is 1. The summed E-state index contributed by atoms with van der Waals surface area (Å²) < 4.78 is 23.3. The monoisotopic (exact) mass is 511 g/mol. The molecular formula is C29H34ClNO5. The van der Waals surface area contributed by atoms with Gasteiger partial charge in [0.1, 0.15) is 11.9 Å². The van der Waals surface area contributed by atoms with Crippen LogP contribution < -0.4 is 9.64 Å². The van der Waals surface area contributed by atoms with Crippen LogP contribution in [0.1, 0.15) is 40.7 Å². The van der Waals surface area contributed by atoms with Crippen molar-refractivity contribution in [2.45, 2.75) is 43.3 Å². The van der Waals surface area contributed by atoms with E-state index in [1.54, 1.807) is 13.2 Å². The van der Waals surface area contributed by atoms with Crippen LogP contribution >= 0.6 is 11.6 Å². The van der Waals surface area contributed by atoms with Crippen LogP contribution in [-0.4, -0.2) is 58.7 Å². The number of esters is 1. The zero-order valence-electron chi connectivity index (χ0n) is 21.0. The van der Waals surface area contributed by atoms with Gasteiger partial charge in [-0.2, -0.15) is 0 Å². The van der Waals surface area contributed by atoms with Crippen molar-refractivity contribution < 1.29 is 23.7 Å². The molecule has 2 heterocycles. The molecular weight excluding hydrogens is 478 g/mol. The van der Waals surface area contributed by atoms with Gasteiger partial charge in [-0.05, 0) is 67.1 Å². The van der Waals surface area contributed by atoms with Crippen molar-refractivity contribution in [2.75, 3.05) is 45.4 Å². The van der Waals surface area contributed by atoms with E-state index in [2.05, 4.69) is 23.6 Å². The molecule has 3 aliphatic rings. The Morgan fingerprint density at radius 2 is 2.17 bits per heavy atom. The first-order valence-electron chi connectivity index (χ1n) is 12.6. The van der Waals surface area contributed by atoms with Crippen molar-refractivity contribution in [3.8, 4) is 5.75 Å². The minimum absolute atomic E-state index is 0.0719. The van der Waals surface area contributed by atoms with E-state index in [1.807, 2.05) is 24.3 Å². The Morgan fingerprint density at radius 3 is 2.94 bits per heavy atom. The van der Waals surface area contributed by atoms with Gasteiger partial charge in [-0.25, -0.2) is 4.79 Å². The summed E-state index contributed by atoms with van der Waals surface area (Å²) in [6.45, 7) is 6.73. The minimum Gasteiger partial charge on any atom is -0.490 e. The Labute approximate surface area is 218 Å². The summed E-state index contributed by atoms with van der Waals surface area (Å²) in [6, 6.07) is 11.8. The lowest BCUT2D eigenvalue weighted by Crippen LogP contribution is -2.48. The number of methoxy groups -OCH3 is 2. The van der Waals surface area contributed by atoms with Gasteiger partial charge in [-0.15, -0.1) is 6.58 Å². The number of nitrogens with zero attached hydrogens (tertiary/aromatic N) is 1. The molecule has 7 heteroatoms. The number of anilines is 1. The van der Waals surface area contributed by atoms with Gasteiger partial charge in [0.15, 0.2) is 0 Å². The standard InChI is InChI=1S/C29H34ClNO5/c1-4-25(33-2)27-21(11-13-35-27)16-31-17-29(12-5-6-19-14-22(30)8-9-23(19)29)18-36-26-10-7-20(15-24(26)31)28(32)34-3/h4,7-10,14-15,21,25,27H,1,5-6,11-13,16-18H2,2-3H3/t21-,25-,27+,29-/m0/s1. The van der Waals surface area contributed by atoms with Gasteiger partial charge in [-0.3, -0.25) is 0 Å². The minimum atomic E-state index is -0.359. The lowest BCUT2D eigenvalue weighted by Gasteiger charge is -2.41. The van der Waals surface area contributed by atoms with Crippen LogP contribution in [0.4, 0.5) is 5.69 Å². The molecule has 4 atom stereocenters. The van der Waals surface area contributed by atoms with Gasteiger partial charge in [0, 0.05) is 43.2 Å². The predicted molar refractivity (Wildman–Crippen MR) is 140 cm³/mol. The van der Waals surface area contributed by atoms with Gasteiger partial charge in [0.2, 0.25) is 0 Å². The Hall–Kier alpha value is -2.54. The highest BCUT2D eigenvalue weighted by Crippen LogP contribution is 2.45. The SMILES string of the molecule is C=C[C@H](OC)[C@@H]1OCC[C@H]1CN1C[C@@]2(CCCc3cc(Cl)ccc32)COc2ccc(C(=O)OC)cc21. The first-order chi connectivity index (χ1) is 17.5. The Morgan fingerprint density at radius 1 is 1.31 bits per heavy atom. The topological polar surface area (TPSA) is 57.2 Å². The Kier molecular flexibility index (Phi) is 7.29. The highest BCUT2D eigenvalue weighted by atomic mass is 35.5. The predicted octanol–water partition coefficient (Wildman–Crippen LogP) is 5.21. The molecule has 1 aliphatic carbocycles. The smallest absolute Gasteiger partial charge is 0.337 e. The zero-order valence-corrected chi connectivity index (χ0v) is 21.8. The van der Waals surface area contributed by atoms with Gasteiger partial charge < -0.3 is 23.8 Å². The molecule has 1 saturated heterocycles. The van der Waals surface area contributed by atoms with E-state index in [1.165, 1.54) is 18.2 Å². The summed E-state index contributed by atoms with van der Waals surface area (Å²) >= 11 is 6.37. The third-order valence-corrected chi connectivity index (χ3v) is 8.24. The summed E-state index contributed by atoms with van der Waals surface area (Å²) in [7, 11) is 3.10. The van der Waals surface area contributed by atoms with Crippen molar-refractivity contribution in [1.29, 1.82) is 0 Å². The van der Waals surface area contributed by atoms with Crippen molar-refractivity contribution >= 4 is 23.3 Å². The quantitative estimate of drug-likeness (QED) is 0.392. The molecule has 0 amide bonds. The number of hydrogen-bond acceptors (Lipinski definition) is 6. The van der Waals surface area contributed by atoms with Crippen molar-refractivity contribution in [2.24, 2.45) is 5.92 Å². The van der Waals surface area contributed by atoms with E-state index < -0.39 is 0 Å². The fourth-order valence-corrected chi connectivity index (χ4v) is 6.42. The Bertz CT molecular complexity index is 1140. The summed E-state index contributed by atoms with van der Waals surface area (Å²) in [5.74, 6) is 0.664. The van der Waals surface area contributed by atoms with E-state index in [0.29, 0.717) is 18.8 Å². The highest BCUT2D eigenvalue weighted by Gasteiger charge is 2.43.